The third kappa shape index (κ3) is 8.17. The number of unbranched alkanes of at least 4 members (excludes halogenated alkanes) is 2. The zero-order valence-electron chi connectivity index (χ0n) is 20.3. The Morgan fingerprint density at radius 3 is 2.18 bits per heavy atom. The molecule has 0 spiro atoms. The average Bonchev–Trinajstić information content (AvgIpc) is 2.84. The summed E-state index contributed by atoms with van der Waals surface area (Å²) in [4.78, 5) is 12.3. The number of benzene rings is 2. The third-order valence-corrected chi connectivity index (χ3v) is 6.90. The van der Waals surface area contributed by atoms with Crippen LogP contribution in [0.2, 0.25) is 0 Å². The highest BCUT2D eigenvalue weighted by atomic mass is 19.1. The summed E-state index contributed by atoms with van der Waals surface area (Å²) >= 11 is 0. The summed E-state index contributed by atoms with van der Waals surface area (Å²) in [5.41, 5.74) is 1.24. The molecule has 2 aromatic rings. The van der Waals surface area contributed by atoms with E-state index in [1.165, 1.54) is 69.9 Å². The normalized spacial score (nSPS) is 18.2. The van der Waals surface area contributed by atoms with Gasteiger partial charge in [-0.2, -0.15) is 0 Å². The summed E-state index contributed by atoms with van der Waals surface area (Å²) in [5.74, 6) is 1.40. The molecule has 0 atom stereocenters. The molecule has 1 aliphatic carbocycles. The quantitative estimate of drug-likeness (QED) is 0.184. The zero-order chi connectivity index (χ0) is 23.5. The molecule has 3 nitrogen and oxygen atoms in total. The van der Waals surface area contributed by atoms with Gasteiger partial charge in [-0.05, 0) is 73.1 Å². The lowest BCUT2D eigenvalue weighted by atomic mass is 9.78. The van der Waals surface area contributed by atoms with Crippen molar-refractivity contribution >= 4 is 5.97 Å². The molecule has 0 heterocycles. The van der Waals surface area contributed by atoms with Crippen molar-refractivity contribution < 1.29 is 18.7 Å². The van der Waals surface area contributed by atoms with Gasteiger partial charge < -0.3 is 9.47 Å². The minimum absolute atomic E-state index is 0.0486. The maximum atomic E-state index is 14.1. The summed E-state index contributed by atoms with van der Waals surface area (Å²) in [6.07, 6.45) is 14.1. The Hall–Kier alpha value is -2.36. The number of carbonyl (C=O) groups excluding carboxylic acids is 1. The van der Waals surface area contributed by atoms with E-state index in [-0.39, 0.29) is 5.75 Å². The van der Waals surface area contributed by atoms with Gasteiger partial charge in [-0.15, -0.1) is 0 Å². The fraction of sp³-hybridized carbons (Fsp3) is 0.552. The van der Waals surface area contributed by atoms with Crippen LogP contribution in [0.5, 0.6) is 11.5 Å². The lowest BCUT2D eigenvalue weighted by molar-refractivity contribution is 0.0727. The highest BCUT2D eigenvalue weighted by Crippen LogP contribution is 2.34. The van der Waals surface area contributed by atoms with Crippen LogP contribution >= 0.6 is 0 Å². The number of carbonyl (C=O) groups is 1. The molecular weight excluding hydrogens is 415 g/mol. The molecule has 0 unspecified atom stereocenters. The van der Waals surface area contributed by atoms with Crippen molar-refractivity contribution in [3.05, 3.63) is 59.4 Å². The maximum absolute atomic E-state index is 14.1. The summed E-state index contributed by atoms with van der Waals surface area (Å²) in [7, 11) is 0. The van der Waals surface area contributed by atoms with E-state index in [4.69, 9.17) is 9.47 Å². The lowest BCUT2D eigenvalue weighted by Crippen LogP contribution is -2.15. The number of ether oxygens (including phenoxy) is 2. The van der Waals surface area contributed by atoms with Crippen LogP contribution in [0.15, 0.2) is 42.5 Å². The molecule has 3 rings (SSSR count). The van der Waals surface area contributed by atoms with Crippen molar-refractivity contribution in [1.29, 1.82) is 0 Å². The standard InChI is InChI=1S/C29H39FO3/c1-3-5-6-8-23-10-12-24(13-11-23)9-7-20-32-26-17-15-25(16-18-26)29(31)33-28-19-14-22(4-2)21-27(28)30/h14-19,21,23-24H,3-13,20H2,1-2H3. The van der Waals surface area contributed by atoms with E-state index in [1.807, 2.05) is 6.92 Å². The molecule has 1 saturated carbocycles. The SMILES string of the molecule is CCCCCC1CCC(CCCOc2ccc(C(=O)Oc3ccc(CC)cc3F)cc2)CC1. The Balaban J connectivity index is 1.35. The first-order chi connectivity index (χ1) is 16.1. The van der Waals surface area contributed by atoms with Crippen LogP contribution in [0.4, 0.5) is 4.39 Å². The monoisotopic (exact) mass is 454 g/mol. The van der Waals surface area contributed by atoms with Gasteiger partial charge in [-0.3, -0.25) is 0 Å². The zero-order valence-corrected chi connectivity index (χ0v) is 20.3. The average molecular weight is 455 g/mol. The van der Waals surface area contributed by atoms with Gasteiger partial charge in [-0.25, -0.2) is 9.18 Å². The molecule has 2 aromatic carbocycles. The van der Waals surface area contributed by atoms with Crippen LogP contribution in [-0.4, -0.2) is 12.6 Å². The van der Waals surface area contributed by atoms with Crippen molar-refractivity contribution in [3.63, 3.8) is 0 Å². The summed E-state index contributed by atoms with van der Waals surface area (Å²) < 4.78 is 25.2. The van der Waals surface area contributed by atoms with Crippen molar-refractivity contribution in [3.8, 4) is 11.5 Å². The Kier molecular flexibility index (Phi) is 10.2. The summed E-state index contributed by atoms with van der Waals surface area (Å²) in [6, 6.07) is 11.5. The van der Waals surface area contributed by atoms with E-state index < -0.39 is 11.8 Å². The number of halogens is 1. The molecule has 0 bridgehead atoms. The highest BCUT2D eigenvalue weighted by molar-refractivity contribution is 5.91. The molecule has 33 heavy (non-hydrogen) atoms. The van der Waals surface area contributed by atoms with E-state index in [2.05, 4.69) is 6.92 Å². The van der Waals surface area contributed by atoms with Gasteiger partial charge in [0, 0.05) is 0 Å². The van der Waals surface area contributed by atoms with Gasteiger partial charge in [0.25, 0.3) is 0 Å². The molecule has 180 valence electrons. The Bertz CT molecular complexity index is 854. The molecule has 1 fully saturated rings. The highest BCUT2D eigenvalue weighted by Gasteiger charge is 2.20. The van der Waals surface area contributed by atoms with E-state index >= 15 is 0 Å². The van der Waals surface area contributed by atoms with E-state index in [1.54, 1.807) is 30.3 Å². The lowest BCUT2D eigenvalue weighted by Gasteiger charge is -2.28. The van der Waals surface area contributed by atoms with Gasteiger partial charge in [0.1, 0.15) is 5.75 Å². The molecular formula is C29H39FO3. The van der Waals surface area contributed by atoms with E-state index in [9.17, 15) is 9.18 Å². The van der Waals surface area contributed by atoms with Crippen LogP contribution in [0, 0.1) is 17.7 Å². The predicted molar refractivity (Wildman–Crippen MR) is 131 cm³/mol. The van der Waals surface area contributed by atoms with Crippen LogP contribution in [0.1, 0.15) is 94.0 Å². The van der Waals surface area contributed by atoms with Gasteiger partial charge in [0.2, 0.25) is 0 Å². The number of aryl methyl sites for hydroxylation is 1. The number of hydrogen-bond acceptors (Lipinski definition) is 3. The fourth-order valence-corrected chi connectivity index (χ4v) is 4.75. The largest absolute Gasteiger partial charge is 0.494 e. The first-order valence-electron chi connectivity index (χ1n) is 12.8. The Morgan fingerprint density at radius 1 is 0.909 bits per heavy atom. The molecule has 0 amide bonds. The van der Waals surface area contributed by atoms with Crippen LogP contribution in [0.3, 0.4) is 0 Å². The minimum atomic E-state index is -0.574. The van der Waals surface area contributed by atoms with Crippen molar-refractivity contribution in [2.75, 3.05) is 6.61 Å². The first kappa shape index (κ1) is 25.3. The topological polar surface area (TPSA) is 35.5 Å². The van der Waals surface area contributed by atoms with Crippen molar-refractivity contribution in [2.45, 2.75) is 84.5 Å². The van der Waals surface area contributed by atoms with Gasteiger partial charge >= 0.3 is 5.97 Å². The van der Waals surface area contributed by atoms with E-state index in [0.717, 1.165) is 36.0 Å². The maximum Gasteiger partial charge on any atom is 0.343 e. The number of hydrogen-bond donors (Lipinski definition) is 0. The molecule has 4 heteroatoms. The van der Waals surface area contributed by atoms with Gasteiger partial charge in [0.15, 0.2) is 11.6 Å². The molecule has 0 saturated heterocycles. The fourth-order valence-electron chi connectivity index (χ4n) is 4.75. The first-order valence-corrected chi connectivity index (χ1v) is 12.8. The van der Waals surface area contributed by atoms with Gasteiger partial charge in [0.05, 0.1) is 12.2 Å². The van der Waals surface area contributed by atoms with Crippen LogP contribution in [-0.2, 0) is 6.42 Å². The molecule has 0 radical (unpaired) electrons. The minimum Gasteiger partial charge on any atom is -0.494 e. The van der Waals surface area contributed by atoms with Gasteiger partial charge in [-0.1, -0.05) is 71.3 Å². The second-order valence-electron chi connectivity index (χ2n) is 9.41. The molecule has 1 aliphatic rings. The van der Waals surface area contributed by atoms with Crippen LogP contribution < -0.4 is 9.47 Å². The predicted octanol–water partition coefficient (Wildman–Crippen LogP) is 8.15. The van der Waals surface area contributed by atoms with Crippen LogP contribution in [0.25, 0.3) is 0 Å². The second kappa shape index (κ2) is 13.4. The Morgan fingerprint density at radius 2 is 1.58 bits per heavy atom. The molecule has 0 N–H and O–H groups in total. The third-order valence-electron chi connectivity index (χ3n) is 6.90. The summed E-state index contributed by atoms with van der Waals surface area (Å²) in [5, 5.41) is 0. The number of esters is 1. The van der Waals surface area contributed by atoms with Crippen molar-refractivity contribution in [2.24, 2.45) is 11.8 Å². The smallest absolute Gasteiger partial charge is 0.343 e. The summed E-state index contributed by atoms with van der Waals surface area (Å²) in [6.45, 7) is 4.91. The number of rotatable bonds is 12. The van der Waals surface area contributed by atoms with Crippen molar-refractivity contribution in [1.82, 2.24) is 0 Å². The Labute approximate surface area is 198 Å². The second-order valence-corrected chi connectivity index (χ2v) is 9.41. The molecule has 0 aliphatic heterocycles. The molecule has 0 aromatic heterocycles. The van der Waals surface area contributed by atoms with E-state index in [0.29, 0.717) is 12.2 Å².